The third kappa shape index (κ3) is 4.10. The standard InChI is InChI=1S/C11H23N/c1-2-3-4-9-12-10-8-11-6-5-7-11/h11-12H,2-10H2,1H3. The molecule has 0 unspecified atom stereocenters. The molecule has 1 nitrogen and oxygen atoms in total. The van der Waals surface area contributed by atoms with Crippen molar-refractivity contribution in [3.05, 3.63) is 0 Å². The molecule has 1 aliphatic carbocycles. The fourth-order valence-corrected chi connectivity index (χ4v) is 1.71. The highest BCUT2D eigenvalue weighted by molar-refractivity contribution is 4.70. The summed E-state index contributed by atoms with van der Waals surface area (Å²) in [6.07, 6.45) is 9.99. The van der Waals surface area contributed by atoms with Gasteiger partial charge in [-0.25, -0.2) is 0 Å². The van der Waals surface area contributed by atoms with Gasteiger partial charge < -0.3 is 5.32 Å². The van der Waals surface area contributed by atoms with Crippen LogP contribution >= 0.6 is 0 Å². The van der Waals surface area contributed by atoms with Gasteiger partial charge in [-0.15, -0.1) is 0 Å². The van der Waals surface area contributed by atoms with Crippen LogP contribution in [0.2, 0.25) is 0 Å². The molecule has 0 aromatic rings. The van der Waals surface area contributed by atoms with Gasteiger partial charge in [-0.05, 0) is 31.8 Å². The monoisotopic (exact) mass is 169 g/mol. The Morgan fingerprint density at radius 1 is 1.17 bits per heavy atom. The minimum absolute atomic E-state index is 1.07. The van der Waals surface area contributed by atoms with Gasteiger partial charge in [0, 0.05) is 0 Å². The lowest BCUT2D eigenvalue weighted by molar-refractivity contribution is 0.292. The Kier molecular flexibility index (Phi) is 5.42. The zero-order chi connectivity index (χ0) is 8.65. The first-order valence-corrected chi connectivity index (χ1v) is 5.64. The van der Waals surface area contributed by atoms with Crippen LogP contribution in [-0.2, 0) is 0 Å². The maximum absolute atomic E-state index is 3.52. The minimum Gasteiger partial charge on any atom is -0.317 e. The third-order valence-corrected chi connectivity index (χ3v) is 2.91. The van der Waals surface area contributed by atoms with E-state index in [4.69, 9.17) is 0 Å². The Morgan fingerprint density at radius 2 is 2.00 bits per heavy atom. The summed E-state index contributed by atoms with van der Waals surface area (Å²) >= 11 is 0. The molecule has 0 saturated heterocycles. The average molecular weight is 169 g/mol. The molecule has 1 heteroatoms. The summed E-state index contributed by atoms with van der Waals surface area (Å²) in [6.45, 7) is 4.75. The van der Waals surface area contributed by atoms with Crippen LogP contribution in [0.3, 0.4) is 0 Å². The summed E-state index contributed by atoms with van der Waals surface area (Å²) in [7, 11) is 0. The summed E-state index contributed by atoms with van der Waals surface area (Å²) in [5, 5.41) is 3.52. The van der Waals surface area contributed by atoms with E-state index in [1.165, 1.54) is 58.0 Å². The first kappa shape index (κ1) is 10.0. The Bertz CT molecular complexity index is 97.2. The fourth-order valence-electron chi connectivity index (χ4n) is 1.71. The Labute approximate surface area is 76.9 Å². The molecule has 0 aromatic heterocycles. The molecule has 72 valence electrons. The second kappa shape index (κ2) is 6.47. The molecule has 1 N–H and O–H groups in total. The molecule has 1 saturated carbocycles. The molecule has 0 spiro atoms. The number of hydrogen-bond acceptors (Lipinski definition) is 1. The molecule has 0 bridgehead atoms. The van der Waals surface area contributed by atoms with Crippen molar-refractivity contribution >= 4 is 0 Å². The fraction of sp³-hybridized carbons (Fsp3) is 1.00. The molecule has 0 aromatic carbocycles. The van der Waals surface area contributed by atoms with Crippen molar-refractivity contribution in [3.63, 3.8) is 0 Å². The van der Waals surface area contributed by atoms with Crippen molar-refractivity contribution in [2.75, 3.05) is 13.1 Å². The summed E-state index contributed by atoms with van der Waals surface area (Å²) in [6, 6.07) is 0. The van der Waals surface area contributed by atoms with Crippen molar-refractivity contribution in [1.82, 2.24) is 5.32 Å². The van der Waals surface area contributed by atoms with Gasteiger partial charge in [0.1, 0.15) is 0 Å². The van der Waals surface area contributed by atoms with E-state index in [1.807, 2.05) is 0 Å². The molecule has 0 radical (unpaired) electrons. The summed E-state index contributed by atoms with van der Waals surface area (Å²) in [5.41, 5.74) is 0. The van der Waals surface area contributed by atoms with E-state index < -0.39 is 0 Å². The Hall–Kier alpha value is -0.0400. The van der Waals surface area contributed by atoms with Crippen molar-refractivity contribution in [2.24, 2.45) is 5.92 Å². The Morgan fingerprint density at radius 3 is 2.58 bits per heavy atom. The minimum atomic E-state index is 1.07. The highest BCUT2D eigenvalue weighted by Gasteiger charge is 2.15. The lowest BCUT2D eigenvalue weighted by atomic mass is 9.83. The average Bonchev–Trinajstić information content (AvgIpc) is 2.00. The van der Waals surface area contributed by atoms with Crippen LogP contribution in [0.4, 0.5) is 0 Å². The SMILES string of the molecule is CCCCCNCCC1CCC1. The second-order valence-electron chi connectivity index (χ2n) is 4.04. The van der Waals surface area contributed by atoms with Gasteiger partial charge in [0.2, 0.25) is 0 Å². The van der Waals surface area contributed by atoms with E-state index in [9.17, 15) is 0 Å². The van der Waals surface area contributed by atoms with E-state index in [-0.39, 0.29) is 0 Å². The molecular formula is C11H23N. The molecule has 0 amide bonds. The van der Waals surface area contributed by atoms with E-state index in [0.29, 0.717) is 0 Å². The number of unbranched alkanes of at least 4 members (excludes halogenated alkanes) is 2. The highest BCUT2D eigenvalue weighted by atomic mass is 14.8. The smallest absolute Gasteiger partial charge is 0.00463 e. The molecule has 1 rings (SSSR count). The summed E-state index contributed by atoms with van der Waals surface area (Å²) in [4.78, 5) is 0. The van der Waals surface area contributed by atoms with E-state index in [1.54, 1.807) is 0 Å². The van der Waals surface area contributed by atoms with Gasteiger partial charge in [0.15, 0.2) is 0 Å². The molecule has 0 aliphatic heterocycles. The van der Waals surface area contributed by atoms with Gasteiger partial charge in [-0.2, -0.15) is 0 Å². The van der Waals surface area contributed by atoms with E-state index >= 15 is 0 Å². The quantitative estimate of drug-likeness (QED) is 0.578. The van der Waals surface area contributed by atoms with Gasteiger partial charge >= 0.3 is 0 Å². The Balaban J connectivity index is 1.70. The number of hydrogen-bond donors (Lipinski definition) is 1. The van der Waals surface area contributed by atoms with Crippen LogP contribution in [-0.4, -0.2) is 13.1 Å². The van der Waals surface area contributed by atoms with Crippen LogP contribution in [0.5, 0.6) is 0 Å². The summed E-state index contributed by atoms with van der Waals surface area (Å²) in [5.74, 6) is 1.07. The van der Waals surface area contributed by atoms with Gasteiger partial charge in [0.25, 0.3) is 0 Å². The van der Waals surface area contributed by atoms with Gasteiger partial charge in [-0.3, -0.25) is 0 Å². The number of nitrogens with one attached hydrogen (secondary N) is 1. The first-order valence-electron chi connectivity index (χ1n) is 5.64. The van der Waals surface area contributed by atoms with E-state index in [2.05, 4.69) is 12.2 Å². The van der Waals surface area contributed by atoms with Gasteiger partial charge in [-0.1, -0.05) is 39.0 Å². The van der Waals surface area contributed by atoms with Crippen molar-refractivity contribution < 1.29 is 0 Å². The second-order valence-corrected chi connectivity index (χ2v) is 4.04. The zero-order valence-electron chi connectivity index (χ0n) is 8.44. The predicted octanol–water partition coefficient (Wildman–Crippen LogP) is 2.96. The molecule has 1 aliphatic rings. The highest BCUT2D eigenvalue weighted by Crippen LogP contribution is 2.28. The summed E-state index contributed by atoms with van der Waals surface area (Å²) < 4.78 is 0. The van der Waals surface area contributed by atoms with Gasteiger partial charge in [0.05, 0.1) is 0 Å². The normalized spacial score (nSPS) is 17.8. The van der Waals surface area contributed by atoms with Crippen molar-refractivity contribution in [1.29, 1.82) is 0 Å². The lowest BCUT2D eigenvalue weighted by Crippen LogP contribution is -2.22. The maximum Gasteiger partial charge on any atom is -0.00463 e. The molecule has 12 heavy (non-hydrogen) atoms. The van der Waals surface area contributed by atoms with Crippen LogP contribution in [0.1, 0.15) is 51.9 Å². The number of rotatable bonds is 7. The molecule has 1 fully saturated rings. The molecule has 0 atom stereocenters. The van der Waals surface area contributed by atoms with Crippen molar-refractivity contribution in [3.8, 4) is 0 Å². The largest absolute Gasteiger partial charge is 0.317 e. The first-order chi connectivity index (χ1) is 5.93. The van der Waals surface area contributed by atoms with E-state index in [0.717, 1.165) is 5.92 Å². The van der Waals surface area contributed by atoms with Crippen molar-refractivity contribution in [2.45, 2.75) is 51.9 Å². The third-order valence-electron chi connectivity index (χ3n) is 2.91. The topological polar surface area (TPSA) is 12.0 Å². The zero-order valence-corrected chi connectivity index (χ0v) is 8.44. The van der Waals surface area contributed by atoms with Crippen LogP contribution in [0.15, 0.2) is 0 Å². The van der Waals surface area contributed by atoms with Crippen LogP contribution in [0, 0.1) is 5.92 Å². The molecule has 0 heterocycles. The van der Waals surface area contributed by atoms with Crippen LogP contribution in [0.25, 0.3) is 0 Å². The molecular weight excluding hydrogens is 146 g/mol. The van der Waals surface area contributed by atoms with Crippen LogP contribution < -0.4 is 5.32 Å². The predicted molar refractivity (Wildman–Crippen MR) is 54.4 cm³/mol. The maximum atomic E-state index is 3.52. The lowest BCUT2D eigenvalue weighted by Gasteiger charge is -2.25.